The van der Waals surface area contributed by atoms with Gasteiger partial charge in [0.1, 0.15) is 17.5 Å². The maximum Gasteiger partial charge on any atom is 0.419 e. The number of nitrogens with two attached hydrogens (primary N) is 2. The first-order valence-corrected chi connectivity index (χ1v) is 8.60. The monoisotopic (exact) mass is 397 g/mol. The van der Waals surface area contributed by atoms with Crippen LogP contribution in [0, 0.1) is 0 Å². The quantitative estimate of drug-likeness (QED) is 0.380. The minimum absolute atomic E-state index is 0.0720. The van der Waals surface area contributed by atoms with E-state index < -0.39 is 24.0 Å². The number of carbonyl (C=O) groups excluding carboxylic acids is 3. The third-order valence-corrected chi connectivity index (χ3v) is 4.12. The molecule has 150 valence electrons. The molecule has 29 heavy (non-hydrogen) atoms. The van der Waals surface area contributed by atoms with Gasteiger partial charge in [-0.2, -0.15) is 0 Å². The van der Waals surface area contributed by atoms with E-state index in [9.17, 15) is 14.4 Å². The summed E-state index contributed by atoms with van der Waals surface area (Å²) in [6.07, 6.45) is 0.900. The molecular weight excluding hydrogens is 378 g/mol. The van der Waals surface area contributed by atoms with Crippen molar-refractivity contribution < 1.29 is 28.6 Å². The van der Waals surface area contributed by atoms with Crippen LogP contribution in [0.15, 0.2) is 48.2 Å². The molecule has 0 radical (unpaired) electrons. The first-order chi connectivity index (χ1) is 13.9. The molecule has 1 unspecified atom stereocenters. The van der Waals surface area contributed by atoms with E-state index in [1.165, 1.54) is 13.2 Å². The number of amides is 2. The molecule has 0 aliphatic carbocycles. The number of benzene rings is 2. The van der Waals surface area contributed by atoms with Gasteiger partial charge >= 0.3 is 12.1 Å². The number of hydrogen-bond donors (Lipinski definition) is 3. The molecule has 2 aromatic rings. The van der Waals surface area contributed by atoms with Crippen LogP contribution in [0.5, 0.6) is 11.5 Å². The van der Waals surface area contributed by atoms with Crippen LogP contribution in [-0.4, -0.2) is 31.1 Å². The fraction of sp³-hybridized carbons (Fsp3) is 0.150. The van der Waals surface area contributed by atoms with Crippen molar-refractivity contribution in [2.24, 2.45) is 5.73 Å². The van der Waals surface area contributed by atoms with Gasteiger partial charge in [0.15, 0.2) is 5.76 Å². The minimum Gasteiger partial charge on any atom is -0.468 e. The molecule has 1 aliphatic rings. The van der Waals surface area contributed by atoms with Crippen LogP contribution >= 0.6 is 0 Å². The van der Waals surface area contributed by atoms with Crippen LogP contribution in [0.1, 0.15) is 11.1 Å². The molecule has 5 N–H and O–H groups in total. The van der Waals surface area contributed by atoms with E-state index in [0.29, 0.717) is 28.3 Å². The molecule has 1 saturated heterocycles. The van der Waals surface area contributed by atoms with Gasteiger partial charge in [-0.05, 0) is 35.4 Å². The Bertz CT molecular complexity index is 984. The summed E-state index contributed by atoms with van der Waals surface area (Å²) in [5, 5.41) is 2.02. The van der Waals surface area contributed by atoms with Crippen LogP contribution in [0.3, 0.4) is 0 Å². The number of nitrogen functional groups attached to an aromatic ring is 1. The van der Waals surface area contributed by atoms with Crippen LogP contribution in [0.25, 0.3) is 6.08 Å². The maximum atomic E-state index is 11.5. The Kier molecular flexibility index (Phi) is 5.79. The minimum atomic E-state index is -0.796. The Morgan fingerprint density at radius 1 is 1.17 bits per heavy atom. The molecule has 0 aromatic heterocycles. The van der Waals surface area contributed by atoms with Gasteiger partial charge < -0.3 is 25.7 Å². The standard InChI is InChI=1S/C20H19N3O6/c1-27-19(25)16(22)9-12-4-7-14(10-15(12)21)28-13-5-2-11(3-6-13)8-17-18(24)23-20(26)29-17/h2-8,10,16H,9,21-22H2,1H3,(H,23,24,26). The molecular formula is C20H19N3O6. The number of imide groups is 1. The second kappa shape index (κ2) is 8.44. The molecule has 1 heterocycles. The first-order valence-electron chi connectivity index (χ1n) is 8.60. The van der Waals surface area contributed by atoms with Crippen molar-refractivity contribution >= 4 is 29.7 Å². The van der Waals surface area contributed by atoms with Crippen LogP contribution < -0.4 is 21.5 Å². The summed E-state index contributed by atoms with van der Waals surface area (Å²) in [5.74, 6) is -0.119. The summed E-state index contributed by atoms with van der Waals surface area (Å²) in [5.41, 5.74) is 13.6. The number of carbonyl (C=O) groups is 3. The number of alkyl carbamates (subject to hydrolysis) is 1. The summed E-state index contributed by atoms with van der Waals surface area (Å²) < 4.78 is 15.1. The fourth-order valence-electron chi connectivity index (χ4n) is 2.63. The molecule has 0 saturated carbocycles. The van der Waals surface area contributed by atoms with Gasteiger partial charge in [-0.3, -0.25) is 14.9 Å². The van der Waals surface area contributed by atoms with Crippen molar-refractivity contribution in [3.05, 3.63) is 59.4 Å². The van der Waals surface area contributed by atoms with Crippen molar-refractivity contribution in [2.75, 3.05) is 12.8 Å². The number of ether oxygens (including phenoxy) is 3. The van der Waals surface area contributed by atoms with E-state index in [1.807, 2.05) is 5.32 Å². The number of rotatable bonds is 6. The van der Waals surface area contributed by atoms with Gasteiger partial charge in [0.25, 0.3) is 5.91 Å². The summed E-state index contributed by atoms with van der Waals surface area (Å²) >= 11 is 0. The Balaban J connectivity index is 1.66. The molecule has 0 bridgehead atoms. The number of esters is 1. The largest absolute Gasteiger partial charge is 0.468 e. The topological polar surface area (TPSA) is 143 Å². The molecule has 1 fully saturated rings. The van der Waals surface area contributed by atoms with Gasteiger partial charge in [-0.1, -0.05) is 18.2 Å². The van der Waals surface area contributed by atoms with Gasteiger partial charge in [0.05, 0.1) is 7.11 Å². The average molecular weight is 397 g/mol. The molecule has 2 amide bonds. The Morgan fingerprint density at radius 3 is 2.45 bits per heavy atom. The molecule has 1 aliphatic heterocycles. The van der Waals surface area contributed by atoms with E-state index in [2.05, 4.69) is 4.74 Å². The number of anilines is 1. The molecule has 3 rings (SSSR count). The summed E-state index contributed by atoms with van der Waals surface area (Å²) in [4.78, 5) is 33.9. The van der Waals surface area contributed by atoms with Gasteiger partial charge in [0.2, 0.25) is 0 Å². The van der Waals surface area contributed by atoms with Crippen molar-refractivity contribution in [1.82, 2.24) is 5.32 Å². The SMILES string of the molecule is COC(=O)C(N)Cc1ccc(Oc2ccc(C=C3OC(=O)NC3=O)cc2)cc1N. The fourth-order valence-corrected chi connectivity index (χ4v) is 2.63. The highest BCUT2D eigenvalue weighted by Crippen LogP contribution is 2.27. The lowest BCUT2D eigenvalue weighted by atomic mass is 10.0. The second-order valence-electron chi connectivity index (χ2n) is 6.22. The highest BCUT2D eigenvalue weighted by Gasteiger charge is 2.25. The maximum absolute atomic E-state index is 11.5. The van der Waals surface area contributed by atoms with E-state index in [1.54, 1.807) is 42.5 Å². The van der Waals surface area contributed by atoms with Crippen molar-refractivity contribution in [1.29, 1.82) is 0 Å². The Morgan fingerprint density at radius 2 is 1.86 bits per heavy atom. The third-order valence-electron chi connectivity index (χ3n) is 4.12. The highest BCUT2D eigenvalue weighted by atomic mass is 16.6. The molecule has 0 spiro atoms. The first kappa shape index (κ1) is 19.9. The molecule has 9 nitrogen and oxygen atoms in total. The van der Waals surface area contributed by atoms with E-state index in [4.69, 9.17) is 20.9 Å². The van der Waals surface area contributed by atoms with E-state index in [-0.39, 0.29) is 12.2 Å². The van der Waals surface area contributed by atoms with Crippen LogP contribution in [0.4, 0.5) is 10.5 Å². The van der Waals surface area contributed by atoms with Crippen molar-refractivity contribution in [2.45, 2.75) is 12.5 Å². The Labute approximate surface area is 166 Å². The lowest BCUT2D eigenvalue weighted by Gasteiger charge is -2.13. The van der Waals surface area contributed by atoms with Crippen LogP contribution in [0.2, 0.25) is 0 Å². The van der Waals surface area contributed by atoms with Gasteiger partial charge in [0, 0.05) is 18.2 Å². The zero-order valence-corrected chi connectivity index (χ0v) is 15.5. The van der Waals surface area contributed by atoms with Crippen molar-refractivity contribution in [3.63, 3.8) is 0 Å². The summed E-state index contributed by atoms with van der Waals surface area (Å²) in [6, 6.07) is 11.1. The highest BCUT2D eigenvalue weighted by molar-refractivity contribution is 6.09. The third kappa shape index (κ3) is 4.90. The number of hydrogen-bond acceptors (Lipinski definition) is 8. The molecule has 2 aromatic carbocycles. The van der Waals surface area contributed by atoms with Crippen LogP contribution in [-0.2, 0) is 25.5 Å². The van der Waals surface area contributed by atoms with Gasteiger partial charge in [-0.15, -0.1) is 0 Å². The lowest BCUT2D eigenvalue weighted by molar-refractivity contribution is -0.142. The predicted octanol–water partition coefficient (Wildman–Crippen LogP) is 1.71. The number of cyclic esters (lactones) is 1. The smallest absolute Gasteiger partial charge is 0.419 e. The zero-order chi connectivity index (χ0) is 21.0. The summed E-state index contributed by atoms with van der Waals surface area (Å²) in [7, 11) is 1.28. The normalized spacial score (nSPS) is 15.6. The molecule has 9 heteroatoms. The second-order valence-corrected chi connectivity index (χ2v) is 6.22. The summed E-state index contributed by atoms with van der Waals surface area (Å²) in [6.45, 7) is 0. The number of nitrogens with one attached hydrogen (secondary N) is 1. The van der Waals surface area contributed by atoms with E-state index in [0.717, 1.165) is 0 Å². The van der Waals surface area contributed by atoms with Crippen molar-refractivity contribution in [3.8, 4) is 11.5 Å². The predicted molar refractivity (Wildman–Crippen MR) is 104 cm³/mol. The molecule has 1 atom stereocenters. The Hall–Kier alpha value is -3.85. The lowest BCUT2D eigenvalue weighted by Crippen LogP contribution is -2.33. The average Bonchev–Trinajstić information content (AvgIpc) is 3.01. The van der Waals surface area contributed by atoms with Gasteiger partial charge in [-0.25, -0.2) is 4.79 Å². The van der Waals surface area contributed by atoms with E-state index >= 15 is 0 Å². The zero-order valence-electron chi connectivity index (χ0n) is 15.5. The number of methoxy groups -OCH3 is 1.